The van der Waals surface area contributed by atoms with Crippen molar-refractivity contribution in [3.05, 3.63) is 28.2 Å². The van der Waals surface area contributed by atoms with Crippen molar-refractivity contribution in [2.75, 3.05) is 13.7 Å². The number of hydrogen-bond donors (Lipinski definition) is 1. The van der Waals surface area contributed by atoms with Gasteiger partial charge in [0.25, 0.3) is 0 Å². The smallest absolute Gasteiger partial charge is 0.331 e. The number of halogens is 1. The Labute approximate surface area is 151 Å². The fourth-order valence-corrected chi connectivity index (χ4v) is 3.67. The van der Waals surface area contributed by atoms with Crippen LogP contribution in [0.1, 0.15) is 44.6 Å². The topological polar surface area (TPSA) is 64.6 Å². The maximum atomic E-state index is 12.3. The van der Waals surface area contributed by atoms with Crippen LogP contribution in [-0.4, -0.2) is 31.1 Å². The van der Waals surface area contributed by atoms with E-state index in [9.17, 15) is 9.59 Å². The van der Waals surface area contributed by atoms with Gasteiger partial charge in [-0.2, -0.15) is 0 Å². The van der Waals surface area contributed by atoms with Crippen LogP contribution in [0.25, 0.3) is 0 Å². The van der Waals surface area contributed by atoms with E-state index in [-0.39, 0.29) is 11.9 Å². The van der Waals surface area contributed by atoms with Gasteiger partial charge in [-0.1, -0.05) is 18.9 Å². The summed E-state index contributed by atoms with van der Waals surface area (Å²) in [5, 5.41) is 2.93. The Morgan fingerprint density at radius 2 is 2.00 bits per heavy atom. The van der Waals surface area contributed by atoms with Gasteiger partial charge in [-0.05, 0) is 59.8 Å². The number of esters is 1. The Kier molecular flexibility index (Phi) is 6.66. The largest absolute Gasteiger partial charge is 0.496 e. The van der Waals surface area contributed by atoms with E-state index in [4.69, 9.17) is 9.47 Å². The molecule has 1 aliphatic rings. The van der Waals surface area contributed by atoms with Crippen molar-refractivity contribution in [3.8, 4) is 5.75 Å². The fraction of sp³-hybridized carbons (Fsp3) is 0.556. The molecule has 0 spiro atoms. The van der Waals surface area contributed by atoms with Gasteiger partial charge >= 0.3 is 5.97 Å². The number of benzene rings is 1. The van der Waals surface area contributed by atoms with Crippen LogP contribution in [0.4, 0.5) is 0 Å². The predicted molar refractivity (Wildman–Crippen MR) is 95.0 cm³/mol. The molecular formula is C18H24BrNO4. The summed E-state index contributed by atoms with van der Waals surface area (Å²) >= 11 is 3.44. The molecular weight excluding hydrogens is 374 g/mol. The molecule has 0 heterocycles. The van der Waals surface area contributed by atoms with Gasteiger partial charge in [-0.15, -0.1) is 0 Å². The highest BCUT2D eigenvalue weighted by molar-refractivity contribution is 9.10. The van der Waals surface area contributed by atoms with E-state index in [1.54, 1.807) is 14.0 Å². The first-order valence-corrected chi connectivity index (χ1v) is 9.10. The molecule has 1 fully saturated rings. The third-order valence-corrected chi connectivity index (χ3v) is 4.98. The summed E-state index contributed by atoms with van der Waals surface area (Å²) in [4.78, 5) is 24.6. The molecule has 1 amide bonds. The molecule has 0 aliphatic heterocycles. The van der Waals surface area contributed by atoms with Crippen LogP contribution in [0.5, 0.6) is 5.75 Å². The van der Waals surface area contributed by atoms with E-state index in [0.29, 0.717) is 32.3 Å². The van der Waals surface area contributed by atoms with Crippen molar-refractivity contribution in [1.82, 2.24) is 5.32 Å². The molecule has 24 heavy (non-hydrogen) atoms. The molecule has 0 atom stereocenters. The number of carbonyl (C=O) groups excluding carboxylic acids is 2. The zero-order valence-corrected chi connectivity index (χ0v) is 15.8. The van der Waals surface area contributed by atoms with Crippen LogP contribution in [0.15, 0.2) is 22.7 Å². The zero-order chi connectivity index (χ0) is 17.6. The molecule has 1 saturated carbocycles. The van der Waals surface area contributed by atoms with Crippen molar-refractivity contribution in [2.24, 2.45) is 0 Å². The standard InChI is InChI=1S/C18H24BrNO4/c1-3-24-17(22)18(10-4-5-11-18)20-16(21)9-7-13-6-8-15(23-2)14(19)12-13/h6,8,12H,3-5,7,9-11H2,1-2H3,(H,20,21). The Morgan fingerprint density at radius 3 is 2.58 bits per heavy atom. The third-order valence-electron chi connectivity index (χ3n) is 4.36. The molecule has 0 bridgehead atoms. The summed E-state index contributed by atoms with van der Waals surface area (Å²) in [6.07, 6.45) is 4.12. The Hall–Kier alpha value is -1.56. The lowest BCUT2D eigenvalue weighted by atomic mass is 9.97. The highest BCUT2D eigenvalue weighted by Crippen LogP contribution is 2.31. The third kappa shape index (κ3) is 4.50. The molecule has 2 rings (SSSR count). The number of aryl methyl sites for hydroxylation is 1. The highest BCUT2D eigenvalue weighted by atomic mass is 79.9. The molecule has 1 aromatic carbocycles. The maximum Gasteiger partial charge on any atom is 0.331 e. The van der Waals surface area contributed by atoms with Crippen molar-refractivity contribution in [1.29, 1.82) is 0 Å². The number of rotatable bonds is 7. The number of carbonyl (C=O) groups is 2. The minimum Gasteiger partial charge on any atom is -0.496 e. The van der Waals surface area contributed by atoms with Crippen molar-refractivity contribution < 1.29 is 19.1 Å². The summed E-state index contributed by atoms with van der Waals surface area (Å²) in [6, 6.07) is 5.75. The monoisotopic (exact) mass is 397 g/mol. The van der Waals surface area contributed by atoms with Crippen LogP contribution in [0.3, 0.4) is 0 Å². The van der Waals surface area contributed by atoms with E-state index in [1.165, 1.54) is 0 Å². The first-order valence-electron chi connectivity index (χ1n) is 8.31. The molecule has 132 valence electrons. The van der Waals surface area contributed by atoms with Gasteiger partial charge < -0.3 is 14.8 Å². The van der Waals surface area contributed by atoms with Crippen LogP contribution < -0.4 is 10.1 Å². The van der Waals surface area contributed by atoms with Crippen LogP contribution >= 0.6 is 15.9 Å². The summed E-state index contributed by atoms with van der Waals surface area (Å²) in [7, 11) is 1.61. The maximum absolute atomic E-state index is 12.3. The lowest BCUT2D eigenvalue weighted by Gasteiger charge is -2.27. The molecule has 0 unspecified atom stereocenters. The van der Waals surface area contributed by atoms with Gasteiger partial charge in [0.2, 0.25) is 5.91 Å². The van der Waals surface area contributed by atoms with E-state index < -0.39 is 5.54 Å². The van der Waals surface area contributed by atoms with Gasteiger partial charge in [0.1, 0.15) is 11.3 Å². The number of hydrogen-bond acceptors (Lipinski definition) is 4. The minimum absolute atomic E-state index is 0.114. The van der Waals surface area contributed by atoms with Gasteiger partial charge in [0.15, 0.2) is 0 Å². The van der Waals surface area contributed by atoms with Crippen LogP contribution in [0, 0.1) is 0 Å². The molecule has 1 aliphatic carbocycles. The SMILES string of the molecule is CCOC(=O)C1(NC(=O)CCc2ccc(OC)c(Br)c2)CCCC1. The molecule has 1 aromatic rings. The molecule has 0 aromatic heterocycles. The van der Waals surface area contributed by atoms with Crippen LogP contribution in [-0.2, 0) is 20.7 Å². The van der Waals surface area contributed by atoms with E-state index in [2.05, 4.69) is 21.2 Å². The number of methoxy groups -OCH3 is 1. The average molecular weight is 398 g/mol. The quantitative estimate of drug-likeness (QED) is 0.716. The summed E-state index contributed by atoms with van der Waals surface area (Å²) in [6.45, 7) is 2.11. The highest BCUT2D eigenvalue weighted by Gasteiger charge is 2.43. The Bertz CT molecular complexity index is 597. The molecule has 5 nitrogen and oxygen atoms in total. The second kappa shape index (κ2) is 8.51. The summed E-state index contributed by atoms with van der Waals surface area (Å²) < 4.78 is 11.2. The van der Waals surface area contributed by atoms with Crippen molar-refractivity contribution >= 4 is 27.8 Å². The Balaban J connectivity index is 1.94. The molecule has 1 N–H and O–H groups in total. The lowest BCUT2D eigenvalue weighted by molar-refractivity contribution is -0.153. The van der Waals surface area contributed by atoms with E-state index in [1.807, 2.05) is 18.2 Å². The number of nitrogens with one attached hydrogen (secondary N) is 1. The molecule has 0 radical (unpaired) electrons. The van der Waals surface area contributed by atoms with Crippen molar-refractivity contribution in [3.63, 3.8) is 0 Å². The number of ether oxygens (including phenoxy) is 2. The van der Waals surface area contributed by atoms with Gasteiger partial charge in [0.05, 0.1) is 18.2 Å². The second-order valence-corrected chi connectivity index (χ2v) is 6.88. The normalized spacial score (nSPS) is 15.8. The summed E-state index contributed by atoms with van der Waals surface area (Å²) in [5.41, 5.74) is 0.211. The number of amides is 1. The van der Waals surface area contributed by atoms with Crippen LogP contribution in [0.2, 0.25) is 0 Å². The lowest BCUT2D eigenvalue weighted by Crippen LogP contribution is -2.53. The molecule has 0 saturated heterocycles. The van der Waals surface area contributed by atoms with Gasteiger partial charge in [-0.25, -0.2) is 4.79 Å². The van der Waals surface area contributed by atoms with Gasteiger partial charge in [0, 0.05) is 6.42 Å². The first kappa shape index (κ1) is 18.8. The summed E-state index contributed by atoms with van der Waals surface area (Å²) in [5.74, 6) is 0.343. The fourth-order valence-electron chi connectivity index (χ4n) is 3.08. The Morgan fingerprint density at radius 1 is 1.29 bits per heavy atom. The minimum atomic E-state index is -0.826. The van der Waals surface area contributed by atoms with E-state index >= 15 is 0 Å². The predicted octanol–water partition coefficient (Wildman–Crippen LogP) is 3.38. The zero-order valence-electron chi connectivity index (χ0n) is 14.2. The van der Waals surface area contributed by atoms with E-state index in [0.717, 1.165) is 28.6 Å². The average Bonchev–Trinajstić information content (AvgIpc) is 3.03. The van der Waals surface area contributed by atoms with Crippen molar-refractivity contribution in [2.45, 2.75) is 51.0 Å². The molecule has 6 heteroatoms. The second-order valence-electron chi connectivity index (χ2n) is 6.03. The van der Waals surface area contributed by atoms with Gasteiger partial charge in [-0.3, -0.25) is 4.79 Å². The first-order chi connectivity index (χ1) is 11.5.